The monoisotopic (exact) mass is 298 g/mol. The molecular weight excluding hydrogens is 280 g/mol. The van der Waals surface area contributed by atoms with Gasteiger partial charge < -0.3 is 14.6 Å². The van der Waals surface area contributed by atoms with Crippen LogP contribution in [0, 0.1) is 13.8 Å². The molecule has 0 saturated heterocycles. The molecule has 0 radical (unpaired) electrons. The number of anilines is 1. The number of esters is 1. The summed E-state index contributed by atoms with van der Waals surface area (Å²) in [6.07, 6.45) is 0.852. The van der Waals surface area contributed by atoms with Crippen molar-refractivity contribution in [2.45, 2.75) is 20.3 Å². The van der Waals surface area contributed by atoms with Gasteiger partial charge in [-0.05, 0) is 37.5 Å². The number of nitrogens with one attached hydrogen (secondary N) is 1. The second-order valence-electron chi connectivity index (χ2n) is 5.45. The van der Waals surface area contributed by atoms with Gasteiger partial charge in [-0.3, -0.25) is 4.79 Å². The van der Waals surface area contributed by atoms with Crippen LogP contribution >= 0.6 is 0 Å². The molecule has 5 heteroatoms. The maximum atomic E-state index is 12.8. The molecule has 0 aliphatic carbocycles. The lowest BCUT2D eigenvalue weighted by Crippen LogP contribution is -2.29. The number of carbonyl (C=O) groups is 2. The van der Waals surface area contributed by atoms with E-state index in [0.29, 0.717) is 29.1 Å². The van der Waals surface area contributed by atoms with Gasteiger partial charge in [0, 0.05) is 17.9 Å². The number of aryl methyl sites for hydroxylation is 1. The van der Waals surface area contributed by atoms with Crippen molar-refractivity contribution in [2.24, 2.45) is 0 Å². The average molecular weight is 298 g/mol. The average Bonchev–Trinajstić information content (AvgIpc) is 3.07. The van der Waals surface area contributed by atoms with Crippen LogP contribution in [0.4, 0.5) is 5.69 Å². The van der Waals surface area contributed by atoms with Crippen LogP contribution in [0.3, 0.4) is 0 Å². The molecule has 3 rings (SSSR count). The van der Waals surface area contributed by atoms with E-state index < -0.39 is 5.97 Å². The molecule has 0 fully saturated rings. The first-order chi connectivity index (χ1) is 10.5. The lowest BCUT2D eigenvalue weighted by molar-refractivity contribution is 0.0599. The van der Waals surface area contributed by atoms with Crippen molar-refractivity contribution in [1.82, 2.24) is 4.98 Å². The maximum absolute atomic E-state index is 12.8. The largest absolute Gasteiger partial charge is 0.465 e. The molecule has 1 aromatic heterocycles. The molecule has 1 amide bonds. The summed E-state index contributed by atoms with van der Waals surface area (Å²) in [7, 11) is 1.34. The van der Waals surface area contributed by atoms with Gasteiger partial charge in [-0.1, -0.05) is 18.2 Å². The second kappa shape index (κ2) is 5.33. The van der Waals surface area contributed by atoms with E-state index in [2.05, 4.69) is 4.98 Å². The van der Waals surface area contributed by atoms with Crippen LogP contribution in [0.2, 0.25) is 0 Å². The van der Waals surface area contributed by atoms with Crippen molar-refractivity contribution in [3.63, 3.8) is 0 Å². The van der Waals surface area contributed by atoms with Gasteiger partial charge in [0.05, 0.1) is 12.7 Å². The minimum atomic E-state index is -0.424. The molecule has 5 nitrogen and oxygen atoms in total. The zero-order valence-electron chi connectivity index (χ0n) is 12.9. The molecule has 2 heterocycles. The first kappa shape index (κ1) is 14.4. The fourth-order valence-corrected chi connectivity index (χ4v) is 3.06. The van der Waals surface area contributed by atoms with Crippen LogP contribution in [0.15, 0.2) is 24.3 Å². The topological polar surface area (TPSA) is 62.4 Å². The number of benzene rings is 1. The van der Waals surface area contributed by atoms with Gasteiger partial charge in [0.1, 0.15) is 5.69 Å². The minimum absolute atomic E-state index is 0.110. The van der Waals surface area contributed by atoms with Gasteiger partial charge in [-0.2, -0.15) is 0 Å². The van der Waals surface area contributed by atoms with Gasteiger partial charge in [0.25, 0.3) is 5.91 Å². The predicted molar refractivity (Wildman–Crippen MR) is 83.4 cm³/mol. The highest BCUT2D eigenvalue weighted by Gasteiger charge is 2.29. The number of H-pyrrole nitrogens is 1. The highest BCUT2D eigenvalue weighted by molar-refractivity contribution is 6.09. The number of fused-ring (bicyclic) bond motifs is 1. The number of aromatic amines is 1. The number of methoxy groups -OCH3 is 1. The number of amides is 1. The zero-order valence-corrected chi connectivity index (χ0v) is 12.9. The third-order valence-corrected chi connectivity index (χ3v) is 4.17. The summed E-state index contributed by atoms with van der Waals surface area (Å²) in [5.41, 5.74) is 4.30. The van der Waals surface area contributed by atoms with Gasteiger partial charge in [0.2, 0.25) is 0 Å². The van der Waals surface area contributed by atoms with Crippen molar-refractivity contribution in [3.8, 4) is 0 Å². The van der Waals surface area contributed by atoms with E-state index in [1.165, 1.54) is 12.7 Å². The Morgan fingerprint density at radius 2 is 1.95 bits per heavy atom. The fraction of sp³-hybridized carbons (Fsp3) is 0.294. The van der Waals surface area contributed by atoms with Crippen LogP contribution < -0.4 is 4.90 Å². The number of hydrogen-bond donors (Lipinski definition) is 1. The molecule has 2 aromatic rings. The molecule has 0 spiro atoms. The van der Waals surface area contributed by atoms with Crippen LogP contribution in [0.5, 0.6) is 0 Å². The Morgan fingerprint density at radius 3 is 2.68 bits per heavy atom. The minimum Gasteiger partial charge on any atom is -0.465 e. The molecule has 1 aromatic carbocycles. The Bertz CT molecular complexity index is 761. The summed E-state index contributed by atoms with van der Waals surface area (Å²) >= 11 is 0. The molecule has 114 valence electrons. The Hall–Kier alpha value is -2.56. The quantitative estimate of drug-likeness (QED) is 0.867. The molecule has 0 saturated carbocycles. The van der Waals surface area contributed by atoms with Crippen molar-refractivity contribution >= 4 is 17.6 Å². The van der Waals surface area contributed by atoms with Crippen LogP contribution in [-0.4, -0.2) is 30.5 Å². The molecular formula is C17H18N2O3. The van der Waals surface area contributed by atoms with Gasteiger partial charge in [-0.15, -0.1) is 0 Å². The third kappa shape index (κ3) is 2.09. The summed E-state index contributed by atoms with van der Waals surface area (Å²) in [6, 6.07) is 7.89. The molecule has 1 N–H and O–H groups in total. The smallest absolute Gasteiger partial charge is 0.339 e. The van der Waals surface area contributed by atoms with Crippen LogP contribution in [0.25, 0.3) is 0 Å². The Kier molecular flexibility index (Phi) is 3.48. The Morgan fingerprint density at radius 1 is 1.23 bits per heavy atom. The predicted octanol–water partition coefficient (Wildman–Crippen LogP) is 2.62. The first-order valence-electron chi connectivity index (χ1n) is 7.21. The van der Waals surface area contributed by atoms with Gasteiger partial charge in [0.15, 0.2) is 0 Å². The summed E-state index contributed by atoms with van der Waals surface area (Å²) in [4.78, 5) is 29.5. The summed E-state index contributed by atoms with van der Waals surface area (Å²) in [5.74, 6) is -0.534. The molecule has 0 unspecified atom stereocenters. The van der Waals surface area contributed by atoms with E-state index >= 15 is 0 Å². The number of para-hydroxylation sites is 1. The molecule has 0 bridgehead atoms. The van der Waals surface area contributed by atoms with Crippen molar-refractivity contribution in [3.05, 3.63) is 52.3 Å². The molecule has 22 heavy (non-hydrogen) atoms. The number of ether oxygens (including phenoxy) is 1. The van der Waals surface area contributed by atoms with E-state index in [9.17, 15) is 9.59 Å². The number of nitrogens with zero attached hydrogens (tertiary/aromatic N) is 1. The lowest BCUT2D eigenvalue weighted by atomic mass is 10.1. The number of rotatable bonds is 2. The maximum Gasteiger partial charge on any atom is 0.339 e. The molecule has 0 atom stereocenters. The van der Waals surface area contributed by atoms with Crippen LogP contribution in [-0.2, 0) is 11.2 Å². The molecule has 1 aliphatic rings. The summed E-state index contributed by atoms with van der Waals surface area (Å²) in [6.45, 7) is 4.20. The standard InChI is InChI=1S/C17H18N2O3/c1-10-14(17(21)22-3)11(2)18-15(10)16(20)19-9-8-12-6-4-5-7-13(12)19/h4-7,18H,8-9H2,1-3H3. The fourth-order valence-electron chi connectivity index (χ4n) is 3.06. The van der Waals surface area contributed by atoms with E-state index in [0.717, 1.165) is 12.1 Å². The first-order valence-corrected chi connectivity index (χ1v) is 7.21. The highest BCUT2D eigenvalue weighted by Crippen LogP contribution is 2.30. The van der Waals surface area contributed by atoms with Crippen LogP contribution in [0.1, 0.15) is 37.7 Å². The number of carbonyl (C=O) groups excluding carboxylic acids is 2. The Labute approximate surface area is 128 Å². The van der Waals surface area contributed by atoms with E-state index in [1.54, 1.807) is 18.7 Å². The van der Waals surface area contributed by atoms with Crippen molar-refractivity contribution in [1.29, 1.82) is 0 Å². The SMILES string of the molecule is COC(=O)c1c(C)[nH]c(C(=O)N2CCc3ccccc32)c1C. The third-order valence-electron chi connectivity index (χ3n) is 4.17. The Balaban J connectivity index is 1.99. The zero-order chi connectivity index (χ0) is 15.9. The van der Waals surface area contributed by atoms with Crippen molar-refractivity contribution in [2.75, 3.05) is 18.6 Å². The molecule has 1 aliphatic heterocycles. The van der Waals surface area contributed by atoms with E-state index in [-0.39, 0.29) is 5.91 Å². The van der Waals surface area contributed by atoms with Crippen molar-refractivity contribution < 1.29 is 14.3 Å². The lowest BCUT2D eigenvalue weighted by Gasteiger charge is -2.17. The number of aromatic nitrogens is 1. The summed E-state index contributed by atoms with van der Waals surface area (Å²) < 4.78 is 4.79. The normalized spacial score (nSPS) is 13.1. The second-order valence-corrected chi connectivity index (χ2v) is 5.45. The number of hydrogen-bond acceptors (Lipinski definition) is 3. The highest BCUT2D eigenvalue weighted by atomic mass is 16.5. The van der Waals surface area contributed by atoms with E-state index in [4.69, 9.17) is 4.74 Å². The van der Waals surface area contributed by atoms with E-state index in [1.807, 2.05) is 24.3 Å². The van der Waals surface area contributed by atoms with Gasteiger partial charge >= 0.3 is 5.97 Å². The van der Waals surface area contributed by atoms with Gasteiger partial charge in [-0.25, -0.2) is 4.79 Å². The summed E-state index contributed by atoms with van der Waals surface area (Å²) in [5, 5.41) is 0.